The summed E-state index contributed by atoms with van der Waals surface area (Å²) >= 11 is 1.37. The molecule has 4 nitrogen and oxygen atoms in total. The van der Waals surface area contributed by atoms with Crippen LogP contribution in [0.4, 0.5) is 5.69 Å². The fraction of sp³-hybridized carbons (Fsp3) is 0.167. The number of rotatable bonds is 3. The smallest absolute Gasteiger partial charge is 0.267 e. The van der Waals surface area contributed by atoms with Crippen LogP contribution in [0.1, 0.15) is 26.5 Å². The van der Waals surface area contributed by atoms with Gasteiger partial charge in [0.1, 0.15) is 9.88 Å². The Morgan fingerprint density at radius 3 is 2.43 bits per heavy atom. The number of hydrogen-bond donors (Lipinski definition) is 1. The Hall–Kier alpha value is -2.53. The molecule has 3 aromatic rings. The third-order valence-corrected chi connectivity index (χ3v) is 4.79. The zero-order chi connectivity index (χ0) is 16.4. The van der Waals surface area contributed by atoms with Gasteiger partial charge in [0.05, 0.1) is 11.4 Å². The van der Waals surface area contributed by atoms with Crippen LogP contribution < -0.4 is 5.32 Å². The van der Waals surface area contributed by atoms with E-state index in [9.17, 15) is 4.79 Å². The van der Waals surface area contributed by atoms with Crippen molar-refractivity contribution in [1.82, 2.24) is 9.97 Å². The molecule has 0 spiro atoms. The lowest BCUT2D eigenvalue weighted by Gasteiger charge is -2.10. The number of pyridine rings is 1. The van der Waals surface area contributed by atoms with Crippen molar-refractivity contribution in [3.8, 4) is 10.7 Å². The van der Waals surface area contributed by atoms with E-state index in [1.54, 1.807) is 6.20 Å². The van der Waals surface area contributed by atoms with Crippen LogP contribution in [0.5, 0.6) is 0 Å². The molecule has 0 saturated carbocycles. The highest BCUT2D eigenvalue weighted by atomic mass is 32.1. The van der Waals surface area contributed by atoms with Gasteiger partial charge in [-0.3, -0.25) is 9.78 Å². The molecule has 0 aliphatic carbocycles. The van der Waals surface area contributed by atoms with E-state index in [1.807, 2.05) is 57.2 Å². The summed E-state index contributed by atoms with van der Waals surface area (Å²) < 4.78 is 0. The van der Waals surface area contributed by atoms with E-state index in [-0.39, 0.29) is 5.91 Å². The van der Waals surface area contributed by atoms with E-state index in [0.29, 0.717) is 4.88 Å². The molecule has 0 fully saturated rings. The Morgan fingerprint density at radius 2 is 1.78 bits per heavy atom. The molecule has 0 saturated heterocycles. The van der Waals surface area contributed by atoms with Gasteiger partial charge >= 0.3 is 0 Å². The normalized spacial score (nSPS) is 10.6. The Morgan fingerprint density at radius 1 is 1.04 bits per heavy atom. The first-order valence-electron chi connectivity index (χ1n) is 7.32. The Balaban J connectivity index is 1.90. The fourth-order valence-corrected chi connectivity index (χ4v) is 3.33. The number of nitrogens with zero attached hydrogens (tertiary/aromatic N) is 2. The van der Waals surface area contributed by atoms with Gasteiger partial charge in [-0.25, -0.2) is 4.98 Å². The Kier molecular flexibility index (Phi) is 4.21. The van der Waals surface area contributed by atoms with Crippen molar-refractivity contribution in [2.24, 2.45) is 0 Å². The summed E-state index contributed by atoms with van der Waals surface area (Å²) in [6, 6.07) is 11.6. The van der Waals surface area contributed by atoms with Gasteiger partial charge in [-0.2, -0.15) is 0 Å². The number of nitrogens with one attached hydrogen (secondary N) is 1. The van der Waals surface area contributed by atoms with E-state index in [1.165, 1.54) is 11.3 Å². The Labute approximate surface area is 139 Å². The van der Waals surface area contributed by atoms with E-state index >= 15 is 0 Å². The van der Waals surface area contributed by atoms with Crippen LogP contribution in [-0.2, 0) is 0 Å². The first-order chi connectivity index (χ1) is 11.1. The number of carbonyl (C=O) groups excluding carboxylic acids is 1. The molecule has 3 rings (SSSR count). The molecule has 5 heteroatoms. The maximum Gasteiger partial charge on any atom is 0.267 e. The minimum Gasteiger partial charge on any atom is -0.321 e. The number of thiazole rings is 1. The number of carbonyl (C=O) groups is 1. The second kappa shape index (κ2) is 6.30. The van der Waals surface area contributed by atoms with E-state index in [0.717, 1.165) is 33.2 Å². The highest BCUT2D eigenvalue weighted by Gasteiger charge is 2.18. The number of aromatic nitrogens is 2. The van der Waals surface area contributed by atoms with Gasteiger partial charge in [0, 0.05) is 11.9 Å². The van der Waals surface area contributed by atoms with Crippen LogP contribution in [0.3, 0.4) is 0 Å². The molecule has 0 aliphatic rings. The molecule has 116 valence electrons. The SMILES string of the molecule is Cc1cccc(C)c1NC(=O)c1sc(-c2ccccn2)nc1C. The molecular weight excluding hydrogens is 306 g/mol. The molecule has 2 heterocycles. The van der Waals surface area contributed by atoms with Crippen LogP contribution in [-0.4, -0.2) is 15.9 Å². The predicted molar refractivity (Wildman–Crippen MR) is 94.0 cm³/mol. The monoisotopic (exact) mass is 323 g/mol. The second-order valence-electron chi connectivity index (χ2n) is 5.37. The lowest BCUT2D eigenvalue weighted by molar-refractivity contribution is 0.102. The molecule has 0 bridgehead atoms. The van der Waals surface area contributed by atoms with Crippen LogP contribution in [0, 0.1) is 20.8 Å². The summed E-state index contributed by atoms with van der Waals surface area (Å²) in [5.41, 5.74) is 4.46. The molecular formula is C18H17N3OS. The Bertz CT molecular complexity index is 836. The van der Waals surface area contributed by atoms with E-state index in [2.05, 4.69) is 15.3 Å². The van der Waals surface area contributed by atoms with Gasteiger partial charge in [-0.15, -0.1) is 11.3 Å². The summed E-state index contributed by atoms with van der Waals surface area (Å²) in [5, 5.41) is 3.77. The molecule has 1 N–H and O–H groups in total. The van der Waals surface area contributed by atoms with Crippen molar-refractivity contribution < 1.29 is 4.79 Å². The third kappa shape index (κ3) is 3.14. The van der Waals surface area contributed by atoms with Crippen molar-refractivity contribution in [2.75, 3.05) is 5.32 Å². The maximum atomic E-state index is 12.6. The number of benzene rings is 1. The van der Waals surface area contributed by atoms with Crippen molar-refractivity contribution in [3.05, 3.63) is 64.3 Å². The number of hydrogen-bond acceptors (Lipinski definition) is 4. The minimum absolute atomic E-state index is 0.125. The van der Waals surface area contributed by atoms with Gasteiger partial charge in [0.2, 0.25) is 0 Å². The van der Waals surface area contributed by atoms with Crippen LogP contribution >= 0.6 is 11.3 Å². The van der Waals surface area contributed by atoms with Gasteiger partial charge in [0.25, 0.3) is 5.91 Å². The number of amides is 1. The lowest BCUT2D eigenvalue weighted by Crippen LogP contribution is -2.13. The zero-order valence-corrected chi connectivity index (χ0v) is 14.1. The molecule has 1 aromatic carbocycles. The highest BCUT2D eigenvalue weighted by Crippen LogP contribution is 2.28. The number of aryl methyl sites for hydroxylation is 3. The number of anilines is 1. The average Bonchev–Trinajstić information content (AvgIpc) is 2.94. The third-order valence-electron chi connectivity index (χ3n) is 3.61. The molecule has 0 unspecified atom stereocenters. The summed E-state index contributed by atoms with van der Waals surface area (Å²) in [5.74, 6) is -0.125. The lowest BCUT2D eigenvalue weighted by atomic mass is 10.1. The summed E-state index contributed by atoms with van der Waals surface area (Å²) in [6.45, 7) is 5.82. The molecule has 0 aliphatic heterocycles. The summed E-state index contributed by atoms with van der Waals surface area (Å²) in [6.07, 6.45) is 1.72. The summed E-state index contributed by atoms with van der Waals surface area (Å²) in [4.78, 5) is 22.0. The maximum absolute atomic E-state index is 12.6. The average molecular weight is 323 g/mol. The van der Waals surface area contributed by atoms with E-state index < -0.39 is 0 Å². The van der Waals surface area contributed by atoms with Crippen molar-refractivity contribution in [3.63, 3.8) is 0 Å². The standard InChI is InChI=1S/C18H17N3OS/c1-11-7-6-8-12(2)15(11)21-17(22)16-13(3)20-18(23-16)14-9-4-5-10-19-14/h4-10H,1-3H3,(H,21,22). The zero-order valence-electron chi connectivity index (χ0n) is 13.3. The highest BCUT2D eigenvalue weighted by molar-refractivity contribution is 7.17. The second-order valence-corrected chi connectivity index (χ2v) is 6.37. The van der Waals surface area contributed by atoms with E-state index in [4.69, 9.17) is 0 Å². The largest absolute Gasteiger partial charge is 0.321 e. The number of para-hydroxylation sites is 1. The van der Waals surface area contributed by atoms with Gasteiger partial charge in [-0.05, 0) is 44.0 Å². The fourth-order valence-electron chi connectivity index (χ4n) is 2.39. The topological polar surface area (TPSA) is 54.9 Å². The summed E-state index contributed by atoms with van der Waals surface area (Å²) in [7, 11) is 0. The first-order valence-corrected chi connectivity index (χ1v) is 8.14. The predicted octanol–water partition coefficient (Wildman–Crippen LogP) is 4.38. The quantitative estimate of drug-likeness (QED) is 0.778. The molecule has 23 heavy (non-hydrogen) atoms. The van der Waals surface area contributed by atoms with Crippen molar-refractivity contribution in [2.45, 2.75) is 20.8 Å². The minimum atomic E-state index is -0.125. The van der Waals surface area contributed by atoms with Gasteiger partial charge in [-0.1, -0.05) is 24.3 Å². The van der Waals surface area contributed by atoms with Crippen LogP contribution in [0.25, 0.3) is 10.7 Å². The molecule has 1 amide bonds. The molecule has 0 atom stereocenters. The molecule has 0 radical (unpaired) electrons. The molecule has 2 aromatic heterocycles. The van der Waals surface area contributed by atoms with Crippen LogP contribution in [0.15, 0.2) is 42.6 Å². The first kappa shape index (κ1) is 15.4. The van der Waals surface area contributed by atoms with Gasteiger partial charge in [0.15, 0.2) is 0 Å². The van der Waals surface area contributed by atoms with Crippen LogP contribution in [0.2, 0.25) is 0 Å². The van der Waals surface area contributed by atoms with Crippen molar-refractivity contribution >= 4 is 22.9 Å². The van der Waals surface area contributed by atoms with Crippen molar-refractivity contribution in [1.29, 1.82) is 0 Å². The van der Waals surface area contributed by atoms with Gasteiger partial charge < -0.3 is 5.32 Å².